The molecule has 3 aromatic heterocycles. The fourth-order valence-electron chi connectivity index (χ4n) is 2.53. The molecule has 0 saturated heterocycles. The highest BCUT2D eigenvalue weighted by Crippen LogP contribution is 2.17. The zero-order chi connectivity index (χ0) is 20.6. The van der Waals surface area contributed by atoms with Crippen LogP contribution in [0.1, 0.15) is 23.0 Å². The molecular formula is C20H20FN5O3. The number of methoxy groups -OCH3 is 1. The van der Waals surface area contributed by atoms with Crippen molar-refractivity contribution in [1.29, 1.82) is 0 Å². The predicted molar refractivity (Wildman–Crippen MR) is 103 cm³/mol. The van der Waals surface area contributed by atoms with Crippen molar-refractivity contribution in [1.82, 2.24) is 25.3 Å². The van der Waals surface area contributed by atoms with Gasteiger partial charge in [-0.3, -0.25) is 4.79 Å². The van der Waals surface area contributed by atoms with Gasteiger partial charge < -0.3 is 14.8 Å². The topological polar surface area (TPSA) is 99.1 Å². The molecule has 8 nitrogen and oxygen atoms in total. The molecule has 150 valence electrons. The number of ether oxygens (including phenoxy) is 2. The van der Waals surface area contributed by atoms with E-state index in [2.05, 4.69) is 25.3 Å². The number of amides is 1. The first kappa shape index (κ1) is 20.1. The van der Waals surface area contributed by atoms with Gasteiger partial charge in [-0.05, 0) is 31.5 Å². The molecule has 0 aromatic carbocycles. The van der Waals surface area contributed by atoms with Gasteiger partial charge in [-0.2, -0.15) is 4.39 Å². The number of rotatable bonds is 8. The molecule has 0 spiro atoms. The Balaban J connectivity index is 1.63. The van der Waals surface area contributed by atoms with E-state index in [1.807, 2.05) is 6.92 Å². The summed E-state index contributed by atoms with van der Waals surface area (Å²) < 4.78 is 24.1. The minimum absolute atomic E-state index is 0.202. The number of nitrogens with one attached hydrogen (secondary N) is 1. The maximum absolute atomic E-state index is 13.8. The first-order valence-corrected chi connectivity index (χ1v) is 8.99. The summed E-state index contributed by atoms with van der Waals surface area (Å²) >= 11 is 0. The van der Waals surface area contributed by atoms with Crippen LogP contribution < -0.4 is 14.8 Å². The maximum atomic E-state index is 13.8. The third-order valence-corrected chi connectivity index (χ3v) is 3.98. The molecule has 0 atom stereocenters. The molecule has 0 aliphatic heterocycles. The van der Waals surface area contributed by atoms with Gasteiger partial charge in [0.2, 0.25) is 11.8 Å². The van der Waals surface area contributed by atoms with Gasteiger partial charge in [0.25, 0.3) is 5.91 Å². The molecule has 9 heteroatoms. The molecule has 3 rings (SSSR count). The highest BCUT2D eigenvalue weighted by molar-refractivity contribution is 5.92. The normalized spacial score (nSPS) is 10.4. The van der Waals surface area contributed by atoms with E-state index in [0.717, 1.165) is 0 Å². The molecule has 29 heavy (non-hydrogen) atoms. The van der Waals surface area contributed by atoms with Crippen LogP contribution in [0.15, 0.2) is 42.9 Å². The number of halogens is 1. The zero-order valence-corrected chi connectivity index (χ0v) is 16.1. The number of pyridine rings is 2. The first-order chi connectivity index (χ1) is 14.1. The Morgan fingerprint density at radius 1 is 1.17 bits per heavy atom. The third kappa shape index (κ3) is 5.22. The minimum Gasteiger partial charge on any atom is -0.495 e. The molecule has 3 heterocycles. The van der Waals surface area contributed by atoms with E-state index >= 15 is 0 Å². The van der Waals surface area contributed by atoms with Crippen LogP contribution >= 0.6 is 0 Å². The molecule has 0 aliphatic carbocycles. The van der Waals surface area contributed by atoms with Crippen LogP contribution in [0.5, 0.6) is 11.6 Å². The summed E-state index contributed by atoms with van der Waals surface area (Å²) in [6.07, 6.45) is 4.65. The van der Waals surface area contributed by atoms with Crippen molar-refractivity contribution in [2.24, 2.45) is 0 Å². The SMILES string of the molecule is CCOc1ccc(-c2nccc(C(=O)NCCc3cc(OC)cnc3F)n2)cn1. The number of carbonyl (C=O) groups is 1. The lowest BCUT2D eigenvalue weighted by Gasteiger charge is -2.08. The van der Waals surface area contributed by atoms with Crippen LogP contribution in [0.25, 0.3) is 11.4 Å². The molecule has 0 aliphatic rings. The summed E-state index contributed by atoms with van der Waals surface area (Å²) in [4.78, 5) is 28.7. The smallest absolute Gasteiger partial charge is 0.270 e. The molecule has 3 aromatic rings. The summed E-state index contributed by atoms with van der Waals surface area (Å²) in [7, 11) is 1.48. The monoisotopic (exact) mass is 397 g/mol. The Morgan fingerprint density at radius 2 is 2.03 bits per heavy atom. The quantitative estimate of drug-likeness (QED) is 0.583. The molecular weight excluding hydrogens is 377 g/mol. The molecule has 0 bridgehead atoms. The van der Waals surface area contributed by atoms with Gasteiger partial charge in [0.05, 0.1) is 19.9 Å². The maximum Gasteiger partial charge on any atom is 0.270 e. The standard InChI is InChI=1S/C20H20FN5O3/c1-3-29-17-5-4-14(11-24-17)19-22-9-7-16(26-19)20(27)23-8-6-13-10-15(28-2)12-25-18(13)21/h4-5,7,9-12H,3,6,8H2,1-2H3,(H,23,27). The van der Waals surface area contributed by atoms with Crippen molar-refractivity contribution in [3.63, 3.8) is 0 Å². The molecule has 0 unspecified atom stereocenters. The Morgan fingerprint density at radius 3 is 2.76 bits per heavy atom. The van der Waals surface area contributed by atoms with Crippen molar-refractivity contribution in [3.8, 4) is 23.0 Å². The Bertz CT molecular complexity index is 982. The molecule has 0 fully saturated rings. The van der Waals surface area contributed by atoms with Crippen LogP contribution in [0, 0.1) is 5.95 Å². The summed E-state index contributed by atoms with van der Waals surface area (Å²) in [6.45, 7) is 2.61. The van der Waals surface area contributed by atoms with Crippen LogP contribution in [0.4, 0.5) is 4.39 Å². The van der Waals surface area contributed by atoms with Gasteiger partial charge in [0.15, 0.2) is 5.82 Å². The van der Waals surface area contributed by atoms with Crippen molar-refractivity contribution in [2.75, 3.05) is 20.3 Å². The van der Waals surface area contributed by atoms with Crippen molar-refractivity contribution >= 4 is 5.91 Å². The van der Waals surface area contributed by atoms with Crippen LogP contribution in [0.2, 0.25) is 0 Å². The molecule has 0 saturated carbocycles. The lowest BCUT2D eigenvalue weighted by molar-refractivity contribution is 0.0949. The van der Waals surface area contributed by atoms with Crippen molar-refractivity contribution in [2.45, 2.75) is 13.3 Å². The van der Waals surface area contributed by atoms with E-state index in [0.29, 0.717) is 35.2 Å². The average molecular weight is 397 g/mol. The second kappa shape index (κ2) is 9.54. The lowest BCUT2D eigenvalue weighted by Crippen LogP contribution is -2.27. The van der Waals surface area contributed by atoms with Crippen LogP contribution in [-0.4, -0.2) is 46.1 Å². The van der Waals surface area contributed by atoms with Gasteiger partial charge in [-0.1, -0.05) is 0 Å². The van der Waals surface area contributed by atoms with E-state index in [4.69, 9.17) is 9.47 Å². The first-order valence-electron chi connectivity index (χ1n) is 8.99. The summed E-state index contributed by atoms with van der Waals surface area (Å²) in [5.74, 6) is 0.356. The van der Waals surface area contributed by atoms with Gasteiger partial charge in [-0.15, -0.1) is 0 Å². The molecule has 1 N–H and O–H groups in total. The molecule has 0 radical (unpaired) electrons. The van der Waals surface area contributed by atoms with Crippen molar-refractivity contribution < 1.29 is 18.7 Å². The Labute approximate surface area is 167 Å². The number of hydrogen-bond acceptors (Lipinski definition) is 7. The van der Waals surface area contributed by atoms with E-state index < -0.39 is 5.95 Å². The minimum atomic E-state index is -0.590. The van der Waals surface area contributed by atoms with Crippen molar-refractivity contribution in [3.05, 3.63) is 60.1 Å². The van der Waals surface area contributed by atoms with Gasteiger partial charge in [0.1, 0.15) is 11.4 Å². The lowest BCUT2D eigenvalue weighted by atomic mass is 10.2. The fraction of sp³-hybridized carbons (Fsp3) is 0.250. The van der Waals surface area contributed by atoms with E-state index in [1.165, 1.54) is 25.6 Å². The number of nitrogens with zero attached hydrogens (tertiary/aromatic N) is 4. The van der Waals surface area contributed by atoms with Gasteiger partial charge >= 0.3 is 0 Å². The van der Waals surface area contributed by atoms with E-state index in [1.54, 1.807) is 24.4 Å². The van der Waals surface area contributed by atoms with Crippen LogP contribution in [0.3, 0.4) is 0 Å². The number of carbonyl (C=O) groups excluding carboxylic acids is 1. The third-order valence-electron chi connectivity index (χ3n) is 3.98. The Hall–Kier alpha value is -3.62. The van der Waals surface area contributed by atoms with Gasteiger partial charge in [-0.25, -0.2) is 19.9 Å². The largest absolute Gasteiger partial charge is 0.495 e. The average Bonchev–Trinajstić information content (AvgIpc) is 2.76. The van der Waals surface area contributed by atoms with Gasteiger partial charge in [0, 0.05) is 36.1 Å². The summed E-state index contributed by atoms with van der Waals surface area (Å²) in [5, 5.41) is 2.72. The zero-order valence-electron chi connectivity index (χ0n) is 16.1. The number of hydrogen-bond donors (Lipinski definition) is 1. The number of aromatic nitrogens is 4. The Kier molecular flexibility index (Phi) is 6.62. The van der Waals surface area contributed by atoms with E-state index in [9.17, 15) is 9.18 Å². The second-order valence-electron chi connectivity index (χ2n) is 5.91. The fourth-order valence-corrected chi connectivity index (χ4v) is 2.53. The second-order valence-corrected chi connectivity index (χ2v) is 5.91. The predicted octanol–water partition coefficient (Wildman–Crippen LogP) is 2.45. The molecule has 1 amide bonds. The summed E-state index contributed by atoms with van der Waals surface area (Å²) in [5.41, 5.74) is 1.22. The van der Waals surface area contributed by atoms with E-state index in [-0.39, 0.29) is 24.6 Å². The highest BCUT2D eigenvalue weighted by atomic mass is 19.1. The highest BCUT2D eigenvalue weighted by Gasteiger charge is 2.11. The summed E-state index contributed by atoms with van der Waals surface area (Å²) in [6, 6.07) is 6.55. The van der Waals surface area contributed by atoms with Crippen LogP contribution in [-0.2, 0) is 6.42 Å².